The molecule has 78 valence electrons. The molecule has 1 unspecified atom stereocenters. The number of urea groups is 1. The molecule has 5 nitrogen and oxygen atoms in total. The Hall–Kier alpha value is -1.88. The fourth-order valence-corrected chi connectivity index (χ4v) is 1.45. The zero-order valence-corrected chi connectivity index (χ0v) is 8.21. The second-order valence-corrected chi connectivity index (χ2v) is 3.33. The van der Waals surface area contributed by atoms with Gasteiger partial charge in [0.2, 0.25) is 5.72 Å². The molecule has 2 N–H and O–H groups in total. The molecule has 1 heterocycles. The molecule has 1 aliphatic heterocycles. The number of hydrogen-bond acceptors (Lipinski definition) is 3. The van der Waals surface area contributed by atoms with Gasteiger partial charge in [0.15, 0.2) is 0 Å². The third-order valence-electron chi connectivity index (χ3n) is 2.42. The van der Waals surface area contributed by atoms with Crippen LogP contribution in [0.15, 0.2) is 35.4 Å². The minimum atomic E-state index is -1.47. The maximum atomic E-state index is 11.3. The van der Waals surface area contributed by atoms with Crippen molar-refractivity contribution in [2.24, 2.45) is 5.10 Å². The molecule has 0 spiro atoms. The van der Waals surface area contributed by atoms with Gasteiger partial charge in [0.25, 0.3) is 0 Å². The number of benzene rings is 1. The van der Waals surface area contributed by atoms with Gasteiger partial charge in [-0.3, -0.25) is 4.90 Å². The monoisotopic (exact) mass is 205 g/mol. The van der Waals surface area contributed by atoms with Crippen molar-refractivity contribution in [3.8, 4) is 0 Å². The quantitative estimate of drug-likeness (QED) is 0.700. The lowest BCUT2D eigenvalue weighted by atomic mass is 10.0. The van der Waals surface area contributed by atoms with Crippen molar-refractivity contribution >= 4 is 12.2 Å². The Morgan fingerprint density at radius 3 is 2.73 bits per heavy atom. The predicted molar refractivity (Wildman–Crippen MR) is 55.1 cm³/mol. The first-order chi connectivity index (χ1) is 7.14. The smallest absolute Gasteiger partial charge is 0.340 e. The van der Waals surface area contributed by atoms with Crippen LogP contribution in [0.2, 0.25) is 0 Å². The molecule has 0 radical (unpaired) electrons. The maximum Gasteiger partial charge on any atom is 0.340 e. The molecular formula is C10H11N3O2. The van der Waals surface area contributed by atoms with Gasteiger partial charge in [0.05, 0.1) is 6.21 Å². The molecule has 2 rings (SSSR count). The third-order valence-corrected chi connectivity index (χ3v) is 2.42. The average Bonchev–Trinajstić information content (AvgIpc) is 2.27. The molecule has 1 aromatic rings. The number of nitrogens with zero attached hydrogens (tertiary/aromatic N) is 2. The van der Waals surface area contributed by atoms with Gasteiger partial charge in [-0.15, -0.1) is 0 Å². The molecule has 0 bridgehead atoms. The molecule has 0 fully saturated rings. The molecule has 15 heavy (non-hydrogen) atoms. The molecule has 0 saturated heterocycles. The average molecular weight is 205 g/mol. The van der Waals surface area contributed by atoms with Crippen LogP contribution in [0.4, 0.5) is 4.79 Å². The van der Waals surface area contributed by atoms with Crippen molar-refractivity contribution < 1.29 is 9.90 Å². The number of rotatable bonds is 1. The predicted octanol–water partition coefficient (Wildman–Crippen LogP) is 0.473. The van der Waals surface area contributed by atoms with Crippen molar-refractivity contribution in [2.45, 2.75) is 5.72 Å². The Balaban J connectivity index is 2.46. The lowest BCUT2D eigenvalue weighted by molar-refractivity contribution is -0.0132. The summed E-state index contributed by atoms with van der Waals surface area (Å²) in [6.07, 6.45) is 1.30. The van der Waals surface area contributed by atoms with Crippen molar-refractivity contribution in [3.05, 3.63) is 35.9 Å². The summed E-state index contributed by atoms with van der Waals surface area (Å²) < 4.78 is 0. The number of hydrogen-bond donors (Lipinski definition) is 2. The van der Waals surface area contributed by atoms with E-state index in [0.717, 1.165) is 0 Å². The molecule has 0 aliphatic carbocycles. The van der Waals surface area contributed by atoms with Crippen molar-refractivity contribution in [1.29, 1.82) is 0 Å². The first-order valence-electron chi connectivity index (χ1n) is 4.50. The van der Waals surface area contributed by atoms with E-state index in [1.54, 1.807) is 24.3 Å². The summed E-state index contributed by atoms with van der Waals surface area (Å²) in [4.78, 5) is 12.5. The summed E-state index contributed by atoms with van der Waals surface area (Å²) in [6, 6.07) is 8.46. The fraction of sp³-hybridized carbons (Fsp3) is 0.200. The Labute approximate surface area is 87.0 Å². The lowest BCUT2D eigenvalue weighted by Crippen LogP contribution is -2.54. The summed E-state index contributed by atoms with van der Waals surface area (Å²) in [5, 5.41) is 13.9. The van der Waals surface area contributed by atoms with E-state index in [1.807, 2.05) is 6.07 Å². The summed E-state index contributed by atoms with van der Waals surface area (Å²) in [5.41, 5.74) is 1.39. The van der Waals surface area contributed by atoms with E-state index < -0.39 is 11.8 Å². The SMILES string of the molecule is CN1C(=O)NN=CC1(O)c1ccccc1. The van der Waals surface area contributed by atoms with E-state index in [0.29, 0.717) is 5.56 Å². The van der Waals surface area contributed by atoms with Gasteiger partial charge in [0.1, 0.15) is 0 Å². The zero-order valence-electron chi connectivity index (χ0n) is 8.21. The molecule has 0 aromatic heterocycles. The van der Waals surface area contributed by atoms with Crippen LogP contribution in [0.25, 0.3) is 0 Å². The minimum Gasteiger partial charge on any atom is -0.362 e. The Morgan fingerprint density at radius 2 is 2.07 bits per heavy atom. The van der Waals surface area contributed by atoms with Crippen molar-refractivity contribution in [3.63, 3.8) is 0 Å². The van der Waals surface area contributed by atoms with Gasteiger partial charge in [0, 0.05) is 12.6 Å². The van der Waals surface area contributed by atoms with E-state index in [1.165, 1.54) is 18.2 Å². The van der Waals surface area contributed by atoms with Gasteiger partial charge in [-0.25, -0.2) is 10.2 Å². The van der Waals surface area contributed by atoms with E-state index in [-0.39, 0.29) is 0 Å². The van der Waals surface area contributed by atoms with Crippen LogP contribution in [0.3, 0.4) is 0 Å². The normalized spacial score (nSPS) is 25.2. The van der Waals surface area contributed by atoms with Crippen LogP contribution in [0, 0.1) is 0 Å². The van der Waals surface area contributed by atoms with Gasteiger partial charge in [-0.1, -0.05) is 30.3 Å². The Bertz CT molecular complexity index is 404. The van der Waals surface area contributed by atoms with Crippen molar-refractivity contribution in [1.82, 2.24) is 10.3 Å². The van der Waals surface area contributed by atoms with Gasteiger partial charge in [-0.2, -0.15) is 5.10 Å². The number of amides is 2. The molecular weight excluding hydrogens is 194 g/mol. The van der Waals surface area contributed by atoms with Crippen LogP contribution in [0.5, 0.6) is 0 Å². The van der Waals surface area contributed by atoms with E-state index >= 15 is 0 Å². The molecule has 5 heteroatoms. The molecule has 0 saturated carbocycles. The molecule has 1 aliphatic rings. The Kier molecular flexibility index (Phi) is 2.17. The first-order valence-corrected chi connectivity index (χ1v) is 4.50. The Morgan fingerprint density at radius 1 is 1.40 bits per heavy atom. The van der Waals surface area contributed by atoms with Gasteiger partial charge >= 0.3 is 6.03 Å². The molecule has 1 aromatic carbocycles. The topological polar surface area (TPSA) is 64.9 Å². The van der Waals surface area contributed by atoms with E-state index in [4.69, 9.17) is 0 Å². The van der Waals surface area contributed by atoms with E-state index in [2.05, 4.69) is 10.5 Å². The fourth-order valence-electron chi connectivity index (χ4n) is 1.45. The summed E-state index contributed by atoms with van der Waals surface area (Å²) in [7, 11) is 1.51. The van der Waals surface area contributed by atoms with Crippen LogP contribution < -0.4 is 5.43 Å². The standard InChI is InChI=1S/C10H11N3O2/c1-13-9(14)12-11-7-10(13,15)8-5-3-2-4-6-8/h2-7,15H,1H3,(H,12,14). The highest BCUT2D eigenvalue weighted by atomic mass is 16.3. The van der Waals surface area contributed by atoms with Crippen LogP contribution in [-0.4, -0.2) is 29.3 Å². The molecule has 1 atom stereocenters. The van der Waals surface area contributed by atoms with Crippen LogP contribution >= 0.6 is 0 Å². The number of hydrazone groups is 1. The van der Waals surface area contributed by atoms with Crippen LogP contribution in [0.1, 0.15) is 5.56 Å². The maximum absolute atomic E-state index is 11.3. The highest BCUT2D eigenvalue weighted by Gasteiger charge is 2.38. The third kappa shape index (κ3) is 1.46. The highest BCUT2D eigenvalue weighted by molar-refractivity contribution is 5.85. The number of carbonyl (C=O) groups excluding carboxylic acids is 1. The second kappa shape index (κ2) is 3.36. The lowest BCUT2D eigenvalue weighted by Gasteiger charge is -2.36. The second-order valence-electron chi connectivity index (χ2n) is 3.33. The van der Waals surface area contributed by atoms with E-state index in [9.17, 15) is 9.90 Å². The summed E-state index contributed by atoms with van der Waals surface area (Å²) in [5.74, 6) is 0. The largest absolute Gasteiger partial charge is 0.362 e. The van der Waals surface area contributed by atoms with Crippen LogP contribution in [-0.2, 0) is 5.72 Å². The number of carbonyl (C=O) groups is 1. The number of aliphatic hydroxyl groups is 1. The highest BCUT2D eigenvalue weighted by Crippen LogP contribution is 2.24. The molecule has 2 amide bonds. The van der Waals surface area contributed by atoms with Crippen molar-refractivity contribution in [2.75, 3.05) is 7.05 Å². The van der Waals surface area contributed by atoms with Gasteiger partial charge < -0.3 is 5.11 Å². The minimum absolute atomic E-state index is 0.441. The number of nitrogens with one attached hydrogen (secondary N) is 1. The zero-order chi connectivity index (χ0) is 10.9. The first kappa shape index (κ1) is 9.67. The summed E-state index contributed by atoms with van der Waals surface area (Å²) in [6.45, 7) is 0. The summed E-state index contributed by atoms with van der Waals surface area (Å²) >= 11 is 0. The van der Waals surface area contributed by atoms with Gasteiger partial charge in [-0.05, 0) is 0 Å².